The summed E-state index contributed by atoms with van der Waals surface area (Å²) >= 11 is 4.89. The van der Waals surface area contributed by atoms with Gasteiger partial charge in [0.05, 0.1) is 0 Å². The Bertz CT molecular complexity index is 651. The predicted molar refractivity (Wildman–Crippen MR) is 80.4 cm³/mol. The third-order valence-corrected chi connectivity index (χ3v) is 4.50. The molecule has 0 saturated heterocycles. The van der Waals surface area contributed by atoms with Crippen molar-refractivity contribution in [2.75, 3.05) is 0 Å². The molecule has 1 aromatic carbocycles. The van der Waals surface area contributed by atoms with Gasteiger partial charge in [0, 0.05) is 22.0 Å². The first-order valence-electron chi connectivity index (χ1n) is 5.61. The van der Waals surface area contributed by atoms with Crippen LogP contribution in [-0.2, 0) is 5.75 Å². The summed E-state index contributed by atoms with van der Waals surface area (Å²) in [5, 5.41) is 12.5. The van der Waals surface area contributed by atoms with Crippen molar-refractivity contribution in [1.29, 1.82) is 0 Å². The second-order valence-electron chi connectivity index (χ2n) is 3.87. The lowest BCUT2D eigenvalue weighted by Crippen LogP contribution is -2.15. The second-order valence-corrected chi connectivity index (χ2v) is 5.68. The molecule has 0 unspecified atom stereocenters. The smallest absolute Gasteiger partial charge is 0.170 e. The van der Waals surface area contributed by atoms with Crippen molar-refractivity contribution in [3.8, 4) is 0 Å². The van der Waals surface area contributed by atoms with Gasteiger partial charge in [0.15, 0.2) is 5.84 Å². The first-order valence-corrected chi connectivity index (χ1v) is 7.39. The SMILES string of the molecule is NC(=NO)c1cc(F)ccc1CSc1ncccc1Br. The van der Waals surface area contributed by atoms with E-state index in [1.165, 1.54) is 23.9 Å². The second kappa shape index (κ2) is 6.71. The number of benzene rings is 1. The zero-order valence-corrected chi connectivity index (χ0v) is 12.7. The molecule has 0 amide bonds. The number of hydrogen-bond acceptors (Lipinski definition) is 4. The molecule has 0 saturated carbocycles. The van der Waals surface area contributed by atoms with Crippen molar-refractivity contribution < 1.29 is 9.60 Å². The quantitative estimate of drug-likeness (QED) is 0.290. The van der Waals surface area contributed by atoms with E-state index in [2.05, 4.69) is 26.1 Å². The molecule has 20 heavy (non-hydrogen) atoms. The molecule has 0 radical (unpaired) electrons. The van der Waals surface area contributed by atoms with Gasteiger partial charge in [-0.05, 0) is 45.8 Å². The third-order valence-electron chi connectivity index (χ3n) is 2.54. The molecule has 0 fully saturated rings. The molecule has 3 N–H and O–H groups in total. The van der Waals surface area contributed by atoms with Gasteiger partial charge in [0.2, 0.25) is 0 Å². The molecule has 0 aliphatic heterocycles. The standard InChI is InChI=1S/C13H11BrFN3OS/c14-11-2-1-5-17-13(11)20-7-8-3-4-9(15)6-10(8)12(16)18-19/h1-6,19H,7H2,(H2,16,18). The Morgan fingerprint density at radius 2 is 2.25 bits per heavy atom. The molecule has 104 valence electrons. The normalized spacial score (nSPS) is 11.6. The first kappa shape index (κ1) is 14.8. The largest absolute Gasteiger partial charge is 0.409 e. The van der Waals surface area contributed by atoms with Crippen LogP contribution in [-0.4, -0.2) is 16.0 Å². The van der Waals surface area contributed by atoms with Crippen LogP contribution >= 0.6 is 27.7 Å². The van der Waals surface area contributed by atoms with E-state index in [0.717, 1.165) is 15.1 Å². The molecule has 1 aromatic heterocycles. The van der Waals surface area contributed by atoms with E-state index in [1.54, 1.807) is 12.3 Å². The highest BCUT2D eigenvalue weighted by atomic mass is 79.9. The number of nitrogens with two attached hydrogens (primary N) is 1. The molecule has 0 atom stereocenters. The number of oxime groups is 1. The maximum absolute atomic E-state index is 13.3. The van der Waals surface area contributed by atoms with Gasteiger partial charge in [-0.1, -0.05) is 11.2 Å². The minimum atomic E-state index is -0.431. The van der Waals surface area contributed by atoms with E-state index in [-0.39, 0.29) is 5.84 Å². The fourth-order valence-electron chi connectivity index (χ4n) is 1.59. The van der Waals surface area contributed by atoms with Crippen molar-refractivity contribution in [2.45, 2.75) is 10.8 Å². The van der Waals surface area contributed by atoms with Crippen LogP contribution in [0.25, 0.3) is 0 Å². The van der Waals surface area contributed by atoms with Crippen molar-refractivity contribution in [3.05, 3.63) is 57.9 Å². The van der Waals surface area contributed by atoms with Gasteiger partial charge < -0.3 is 10.9 Å². The van der Waals surface area contributed by atoms with Crippen LogP contribution < -0.4 is 5.73 Å². The van der Waals surface area contributed by atoms with E-state index < -0.39 is 5.82 Å². The summed E-state index contributed by atoms with van der Waals surface area (Å²) in [6.45, 7) is 0. The first-order chi connectivity index (χ1) is 9.61. The summed E-state index contributed by atoms with van der Waals surface area (Å²) in [6, 6.07) is 7.93. The fourth-order valence-corrected chi connectivity index (χ4v) is 3.07. The van der Waals surface area contributed by atoms with Crippen LogP contribution in [0.3, 0.4) is 0 Å². The van der Waals surface area contributed by atoms with E-state index in [1.807, 2.05) is 12.1 Å². The average Bonchev–Trinajstić information content (AvgIpc) is 2.46. The minimum absolute atomic E-state index is 0.111. The Kier molecular flexibility index (Phi) is 4.97. The van der Waals surface area contributed by atoms with Crippen LogP contribution in [0.2, 0.25) is 0 Å². The highest BCUT2D eigenvalue weighted by molar-refractivity contribution is 9.10. The van der Waals surface area contributed by atoms with Crippen molar-refractivity contribution in [2.24, 2.45) is 10.9 Å². The highest BCUT2D eigenvalue weighted by Gasteiger charge is 2.10. The lowest BCUT2D eigenvalue weighted by atomic mass is 10.1. The lowest BCUT2D eigenvalue weighted by molar-refractivity contribution is 0.318. The zero-order valence-electron chi connectivity index (χ0n) is 10.3. The number of halogens is 2. The summed E-state index contributed by atoms with van der Waals surface area (Å²) in [4.78, 5) is 4.24. The highest BCUT2D eigenvalue weighted by Crippen LogP contribution is 2.28. The summed E-state index contributed by atoms with van der Waals surface area (Å²) in [5.41, 5.74) is 6.71. The van der Waals surface area contributed by atoms with Crippen molar-refractivity contribution in [3.63, 3.8) is 0 Å². The van der Waals surface area contributed by atoms with E-state index in [0.29, 0.717) is 11.3 Å². The number of hydrogen-bond donors (Lipinski definition) is 2. The van der Waals surface area contributed by atoms with Gasteiger partial charge >= 0.3 is 0 Å². The van der Waals surface area contributed by atoms with E-state index in [4.69, 9.17) is 10.9 Å². The van der Waals surface area contributed by atoms with Gasteiger partial charge in [0.1, 0.15) is 10.8 Å². The minimum Gasteiger partial charge on any atom is -0.409 e. The maximum atomic E-state index is 13.3. The molecular weight excluding hydrogens is 345 g/mol. The van der Waals surface area contributed by atoms with Crippen LogP contribution in [0.15, 0.2) is 51.2 Å². The summed E-state index contributed by atoms with van der Waals surface area (Å²) < 4.78 is 14.1. The van der Waals surface area contributed by atoms with Gasteiger partial charge in [-0.25, -0.2) is 9.37 Å². The zero-order chi connectivity index (χ0) is 14.5. The Hall–Kier alpha value is -1.60. The maximum Gasteiger partial charge on any atom is 0.170 e. The molecule has 0 aliphatic carbocycles. The summed E-state index contributed by atoms with van der Waals surface area (Å²) in [7, 11) is 0. The third kappa shape index (κ3) is 3.49. The molecule has 7 heteroatoms. The number of thioether (sulfide) groups is 1. The summed E-state index contributed by atoms with van der Waals surface area (Å²) in [6.07, 6.45) is 1.70. The van der Waals surface area contributed by atoms with Gasteiger partial charge in [-0.3, -0.25) is 0 Å². The molecule has 0 spiro atoms. The topological polar surface area (TPSA) is 71.5 Å². The van der Waals surface area contributed by atoms with E-state index in [9.17, 15) is 4.39 Å². The molecule has 2 aromatic rings. The monoisotopic (exact) mass is 355 g/mol. The van der Waals surface area contributed by atoms with Crippen LogP contribution in [0.1, 0.15) is 11.1 Å². The van der Waals surface area contributed by atoms with Crippen molar-refractivity contribution >= 4 is 33.5 Å². The molecule has 4 nitrogen and oxygen atoms in total. The fraction of sp³-hybridized carbons (Fsp3) is 0.0769. The number of nitrogens with zero attached hydrogens (tertiary/aromatic N) is 2. The Morgan fingerprint density at radius 3 is 2.95 bits per heavy atom. The van der Waals surface area contributed by atoms with Crippen LogP contribution in [0, 0.1) is 5.82 Å². The number of aromatic nitrogens is 1. The molecule has 2 rings (SSSR count). The lowest BCUT2D eigenvalue weighted by Gasteiger charge is -2.08. The van der Waals surface area contributed by atoms with Crippen molar-refractivity contribution in [1.82, 2.24) is 4.98 Å². The number of pyridine rings is 1. The molecule has 1 heterocycles. The Morgan fingerprint density at radius 1 is 1.45 bits per heavy atom. The van der Waals surface area contributed by atoms with Crippen LogP contribution in [0.4, 0.5) is 4.39 Å². The number of rotatable bonds is 4. The molecule has 0 aliphatic rings. The predicted octanol–water partition coefficient (Wildman–Crippen LogP) is 3.37. The number of amidine groups is 1. The Labute approximate surface area is 128 Å². The van der Waals surface area contributed by atoms with E-state index >= 15 is 0 Å². The molecule has 0 bridgehead atoms. The van der Waals surface area contributed by atoms with Crippen LogP contribution in [0.5, 0.6) is 0 Å². The summed E-state index contributed by atoms with van der Waals surface area (Å²) in [5.74, 6) is -0.0129. The molecular formula is C13H11BrFN3OS. The van der Waals surface area contributed by atoms with Gasteiger partial charge in [0.25, 0.3) is 0 Å². The average molecular weight is 356 g/mol. The van der Waals surface area contributed by atoms with Gasteiger partial charge in [-0.15, -0.1) is 11.8 Å². The van der Waals surface area contributed by atoms with Gasteiger partial charge in [-0.2, -0.15) is 0 Å². The Balaban J connectivity index is 2.24.